The van der Waals surface area contributed by atoms with E-state index in [2.05, 4.69) is 4.98 Å². The number of hydrogen-bond acceptors (Lipinski definition) is 6. The Labute approximate surface area is 165 Å². The molecule has 0 aliphatic heterocycles. The number of sulfone groups is 1. The fraction of sp³-hybridized carbons (Fsp3) is 0.0500. The van der Waals surface area contributed by atoms with Crippen molar-refractivity contribution in [3.8, 4) is 11.7 Å². The van der Waals surface area contributed by atoms with Gasteiger partial charge in [0.05, 0.1) is 11.2 Å². The molecule has 0 aliphatic carbocycles. The second kappa shape index (κ2) is 7.65. The first-order valence-corrected chi connectivity index (χ1v) is 10.7. The summed E-state index contributed by atoms with van der Waals surface area (Å²) in [6, 6.07) is 17.3. The third-order valence-electron chi connectivity index (χ3n) is 3.89. The van der Waals surface area contributed by atoms with E-state index in [0.717, 1.165) is 5.56 Å². The highest BCUT2D eigenvalue weighted by Crippen LogP contribution is 2.36. The van der Waals surface area contributed by atoms with Crippen molar-refractivity contribution in [1.82, 2.24) is 4.98 Å². The Kier molecular flexibility index (Phi) is 5.06. The highest BCUT2D eigenvalue weighted by molar-refractivity contribution is 7.99. The molecule has 0 saturated carbocycles. The van der Waals surface area contributed by atoms with Crippen molar-refractivity contribution < 1.29 is 21.6 Å². The second-order valence-corrected chi connectivity index (χ2v) is 8.63. The Morgan fingerprint density at radius 3 is 2.39 bits per heavy atom. The normalized spacial score (nSPS) is 11.6. The molecular formula is C20H14FNO4S2. The maximum Gasteiger partial charge on any atom is 0.265 e. The van der Waals surface area contributed by atoms with Gasteiger partial charge in [-0.05, 0) is 42.0 Å². The molecule has 0 saturated heterocycles. The molecule has 2 aromatic carbocycles. The maximum atomic E-state index is 13.1. The summed E-state index contributed by atoms with van der Waals surface area (Å²) in [6.45, 7) is 0. The van der Waals surface area contributed by atoms with E-state index in [1.807, 2.05) is 0 Å². The average molecular weight is 415 g/mol. The molecule has 2 aromatic heterocycles. The van der Waals surface area contributed by atoms with E-state index in [9.17, 15) is 12.8 Å². The number of aromatic nitrogens is 1. The molecular weight excluding hydrogens is 401 g/mol. The van der Waals surface area contributed by atoms with Crippen molar-refractivity contribution in [2.45, 2.75) is 20.8 Å². The van der Waals surface area contributed by atoms with Gasteiger partial charge < -0.3 is 8.83 Å². The monoisotopic (exact) mass is 415 g/mol. The molecule has 0 amide bonds. The van der Waals surface area contributed by atoms with Crippen molar-refractivity contribution in [2.75, 3.05) is 0 Å². The molecule has 0 aliphatic rings. The number of benzene rings is 2. The predicted octanol–water partition coefficient (Wildman–Crippen LogP) is 5.20. The lowest BCUT2D eigenvalue weighted by molar-refractivity contribution is 0.451. The van der Waals surface area contributed by atoms with Crippen molar-refractivity contribution >= 4 is 21.6 Å². The summed E-state index contributed by atoms with van der Waals surface area (Å²) in [5.41, 5.74) is 0.824. The minimum Gasteiger partial charge on any atom is -0.459 e. The zero-order valence-electron chi connectivity index (χ0n) is 14.4. The highest BCUT2D eigenvalue weighted by atomic mass is 32.2. The number of furan rings is 1. The van der Waals surface area contributed by atoms with Crippen LogP contribution in [0.1, 0.15) is 5.56 Å². The van der Waals surface area contributed by atoms with Gasteiger partial charge in [-0.15, -0.1) is 0 Å². The van der Waals surface area contributed by atoms with E-state index >= 15 is 0 Å². The fourth-order valence-electron chi connectivity index (χ4n) is 2.50. The summed E-state index contributed by atoms with van der Waals surface area (Å²) in [4.78, 5) is 4.32. The van der Waals surface area contributed by atoms with Gasteiger partial charge in [-0.2, -0.15) is 4.98 Å². The number of rotatable bonds is 6. The van der Waals surface area contributed by atoms with Gasteiger partial charge >= 0.3 is 0 Å². The first kappa shape index (κ1) is 18.5. The third-order valence-corrected chi connectivity index (χ3v) is 6.71. The first-order chi connectivity index (χ1) is 13.5. The van der Waals surface area contributed by atoms with Crippen molar-refractivity contribution in [3.63, 3.8) is 0 Å². The molecule has 4 aromatic rings. The van der Waals surface area contributed by atoms with Crippen LogP contribution in [0.25, 0.3) is 11.7 Å². The largest absolute Gasteiger partial charge is 0.459 e. The van der Waals surface area contributed by atoms with E-state index in [1.165, 1.54) is 42.3 Å². The van der Waals surface area contributed by atoms with Crippen molar-refractivity contribution in [1.29, 1.82) is 0 Å². The number of oxazole rings is 1. The summed E-state index contributed by atoms with van der Waals surface area (Å²) in [6.07, 6.45) is 1.45. The molecule has 5 nitrogen and oxygen atoms in total. The van der Waals surface area contributed by atoms with Gasteiger partial charge in [0.25, 0.3) is 5.89 Å². The lowest BCUT2D eigenvalue weighted by atomic mass is 10.2. The number of nitrogens with zero attached hydrogens (tertiary/aromatic N) is 1. The van der Waals surface area contributed by atoms with E-state index in [0.29, 0.717) is 11.5 Å². The van der Waals surface area contributed by atoms with Crippen LogP contribution in [-0.2, 0) is 15.6 Å². The Bertz CT molecular complexity index is 1170. The van der Waals surface area contributed by atoms with E-state index in [-0.39, 0.29) is 26.7 Å². The molecule has 0 radical (unpaired) electrons. The van der Waals surface area contributed by atoms with Gasteiger partial charge in [0.15, 0.2) is 5.76 Å². The zero-order chi connectivity index (χ0) is 19.6. The molecule has 0 atom stereocenters. The van der Waals surface area contributed by atoms with E-state index < -0.39 is 9.84 Å². The van der Waals surface area contributed by atoms with Crippen LogP contribution in [0.4, 0.5) is 4.39 Å². The number of halogens is 1. The predicted molar refractivity (Wildman–Crippen MR) is 102 cm³/mol. The molecule has 4 rings (SSSR count). The minimum atomic E-state index is -3.88. The van der Waals surface area contributed by atoms with Crippen LogP contribution in [0.5, 0.6) is 0 Å². The summed E-state index contributed by atoms with van der Waals surface area (Å²) in [5, 5.41) is -0.0169. The quantitative estimate of drug-likeness (QED) is 0.403. The van der Waals surface area contributed by atoms with Crippen molar-refractivity contribution in [3.05, 3.63) is 84.4 Å². The van der Waals surface area contributed by atoms with Gasteiger partial charge in [-0.25, -0.2) is 12.8 Å². The number of hydrogen-bond donors (Lipinski definition) is 0. The standard InChI is InChI=1S/C20H14FNO4S2/c21-15-10-8-14(9-11-15)13-27-20-19(22-18(26-20)17-7-4-12-25-17)28(23,24)16-5-2-1-3-6-16/h1-12H,13H2. The van der Waals surface area contributed by atoms with Gasteiger partial charge in [0.2, 0.25) is 20.0 Å². The molecule has 0 bridgehead atoms. The van der Waals surface area contributed by atoms with Crippen LogP contribution in [0, 0.1) is 5.82 Å². The Morgan fingerprint density at radius 2 is 1.71 bits per heavy atom. The topological polar surface area (TPSA) is 73.3 Å². The van der Waals surface area contributed by atoms with Crippen molar-refractivity contribution in [2.24, 2.45) is 0 Å². The second-order valence-electron chi connectivity index (χ2n) is 5.82. The maximum absolute atomic E-state index is 13.1. The summed E-state index contributed by atoms with van der Waals surface area (Å²) in [5.74, 6) is 0.477. The minimum absolute atomic E-state index is 0.0844. The van der Waals surface area contributed by atoms with Crippen LogP contribution in [0.15, 0.2) is 96.8 Å². The molecule has 2 heterocycles. The van der Waals surface area contributed by atoms with Crippen LogP contribution in [-0.4, -0.2) is 13.4 Å². The average Bonchev–Trinajstić information content (AvgIpc) is 3.38. The SMILES string of the molecule is O=S(=O)(c1ccccc1)c1nc(-c2ccco2)oc1SCc1ccc(F)cc1. The summed E-state index contributed by atoms with van der Waals surface area (Å²) < 4.78 is 50.2. The molecule has 8 heteroatoms. The van der Waals surface area contributed by atoms with Crippen LogP contribution >= 0.6 is 11.8 Å². The number of thioether (sulfide) groups is 1. The van der Waals surface area contributed by atoms with Crippen LogP contribution < -0.4 is 0 Å². The molecule has 0 fully saturated rings. The van der Waals surface area contributed by atoms with Crippen LogP contribution in [0.3, 0.4) is 0 Å². The Hall–Kier alpha value is -2.84. The lowest BCUT2D eigenvalue weighted by Crippen LogP contribution is -2.03. The third kappa shape index (κ3) is 3.74. The lowest BCUT2D eigenvalue weighted by Gasteiger charge is -2.03. The molecule has 0 unspecified atom stereocenters. The molecule has 142 valence electrons. The molecule has 0 N–H and O–H groups in total. The van der Waals surface area contributed by atoms with E-state index in [4.69, 9.17) is 8.83 Å². The molecule has 0 spiro atoms. The summed E-state index contributed by atoms with van der Waals surface area (Å²) in [7, 11) is -3.88. The highest BCUT2D eigenvalue weighted by Gasteiger charge is 2.29. The first-order valence-electron chi connectivity index (χ1n) is 8.26. The van der Waals surface area contributed by atoms with Gasteiger partial charge in [-0.1, -0.05) is 42.1 Å². The Balaban J connectivity index is 1.72. The molecule has 28 heavy (non-hydrogen) atoms. The van der Waals surface area contributed by atoms with Crippen LogP contribution in [0.2, 0.25) is 0 Å². The zero-order valence-corrected chi connectivity index (χ0v) is 16.0. The van der Waals surface area contributed by atoms with E-state index in [1.54, 1.807) is 42.5 Å². The van der Waals surface area contributed by atoms with Gasteiger partial charge in [-0.3, -0.25) is 0 Å². The fourth-order valence-corrected chi connectivity index (χ4v) is 5.01. The Morgan fingerprint density at radius 1 is 0.964 bits per heavy atom. The smallest absolute Gasteiger partial charge is 0.265 e. The van der Waals surface area contributed by atoms with Gasteiger partial charge in [0, 0.05) is 5.75 Å². The summed E-state index contributed by atoms with van der Waals surface area (Å²) >= 11 is 1.17. The van der Waals surface area contributed by atoms with Gasteiger partial charge in [0.1, 0.15) is 5.82 Å².